The maximum atomic E-state index is 14.0. The molecule has 7 heteroatoms. The van der Waals surface area contributed by atoms with Crippen LogP contribution in [0, 0.1) is 11.6 Å². The van der Waals surface area contributed by atoms with Crippen molar-refractivity contribution >= 4 is 17.6 Å². The molecule has 0 radical (unpaired) electrons. The lowest BCUT2D eigenvalue weighted by Crippen LogP contribution is -2.04. The van der Waals surface area contributed by atoms with Crippen LogP contribution in [0.1, 0.15) is 10.4 Å². The van der Waals surface area contributed by atoms with Gasteiger partial charge in [0.15, 0.2) is 5.82 Å². The molecule has 0 fully saturated rings. The first-order valence-electron chi connectivity index (χ1n) is 5.38. The minimum absolute atomic E-state index is 0.0653. The van der Waals surface area contributed by atoms with Gasteiger partial charge in [-0.15, -0.1) is 0 Å². The van der Waals surface area contributed by atoms with Gasteiger partial charge in [-0.1, -0.05) is 17.7 Å². The van der Waals surface area contributed by atoms with E-state index in [1.54, 1.807) is 0 Å². The summed E-state index contributed by atoms with van der Waals surface area (Å²) in [4.78, 5) is 14.4. The number of hydrogen-bond donors (Lipinski definition) is 1. The quantitative estimate of drug-likeness (QED) is 0.883. The van der Waals surface area contributed by atoms with E-state index >= 15 is 0 Å². The van der Waals surface area contributed by atoms with Crippen LogP contribution in [0.15, 0.2) is 24.3 Å². The number of rotatable bonds is 3. The zero-order valence-electron chi connectivity index (χ0n) is 10.2. The normalized spacial score (nSPS) is 10.4. The topological polar surface area (TPSA) is 59.4 Å². The summed E-state index contributed by atoms with van der Waals surface area (Å²) in [7, 11) is 1.30. The number of carboxylic acids is 1. The standard InChI is InChI=1S/C13H8ClF2NO3/c1-20-9-4-2-3-7(15)10(9)11-8(16)5-6(13(18)19)12(14)17-11/h2-5H,1H3,(H,18,19). The molecule has 1 aromatic heterocycles. The number of ether oxygens (including phenoxy) is 1. The minimum Gasteiger partial charge on any atom is -0.496 e. The minimum atomic E-state index is -1.42. The van der Waals surface area contributed by atoms with Gasteiger partial charge in [0.25, 0.3) is 0 Å². The zero-order valence-corrected chi connectivity index (χ0v) is 10.9. The highest BCUT2D eigenvalue weighted by Gasteiger charge is 2.21. The lowest BCUT2D eigenvalue weighted by Gasteiger charge is -2.10. The summed E-state index contributed by atoms with van der Waals surface area (Å²) in [6.45, 7) is 0. The number of carbonyl (C=O) groups is 1. The largest absolute Gasteiger partial charge is 0.496 e. The Hall–Kier alpha value is -2.21. The molecule has 0 saturated heterocycles. The Balaban J connectivity index is 2.71. The fourth-order valence-electron chi connectivity index (χ4n) is 1.70. The lowest BCUT2D eigenvalue weighted by atomic mass is 10.1. The third-order valence-electron chi connectivity index (χ3n) is 2.59. The third-order valence-corrected chi connectivity index (χ3v) is 2.88. The molecule has 0 unspecified atom stereocenters. The van der Waals surface area contributed by atoms with E-state index in [1.807, 2.05) is 0 Å². The first-order valence-corrected chi connectivity index (χ1v) is 5.75. The van der Waals surface area contributed by atoms with Crippen molar-refractivity contribution in [1.82, 2.24) is 4.98 Å². The average Bonchev–Trinajstić information content (AvgIpc) is 2.40. The molecule has 104 valence electrons. The van der Waals surface area contributed by atoms with Crippen molar-refractivity contribution in [2.75, 3.05) is 7.11 Å². The second-order valence-electron chi connectivity index (χ2n) is 3.78. The Labute approximate surface area is 117 Å². The van der Waals surface area contributed by atoms with Crippen molar-refractivity contribution in [2.24, 2.45) is 0 Å². The van der Waals surface area contributed by atoms with Crippen LogP contribution in [-0.4, -0.2) is 23.2 Å². The van der Waals surface area contributed by atoms with E-state index in [0.29, 0.717) is 6.07 Å². The lowest BCUT2D eigenvalue weighted by molar-refractivity contribution is 0.0696. The fourth-order valence-corrected chi connectivity index (χ4v) is 1.92. The van der Waals surface area contributed by atoms with E-state index in [2.05, 4.69) is 4.98 Å². The van der Waals surface area contributed by atoms with Gasteiger partial charge in [0.05, 0.1) is 18.2 Å². The number of pyridine rings is 1. The summed E-state index contributed by atoms with van der Waals surface area (Å²) >= 11 is 5.67. The van der Waals surface area contributed by atoms with Crippen molar-refractivity contribution in [3.8, 4) is 17.0 Å². The molecule has 1 aromatic carbocycles. The van der Waals surface area contributed by atoms with Gasteiger partial charge in [-0.2, -0.15) is 0 Å². The highest BCUT2D eigenvalue weighted by Crippen LogP contribution is 2.34. The summed E-state index contributed by atoms with van der Waals surface area (Å²) in [5, 5.41) is 8.39. The van der Waals surface area contributed by atoms with E-state index in [9.17, 15) is 13.6 Å². The van der Waals surface area contributed by atoms with E-state index < -0.39 is 34.0 Å². The molecule has 0 bridgehead atoms. The predicted octanol–water partition coefficient (Wildman–Crippen LogP) is 3.39. The van der Waals surface area contributed by atoms with Gasteiger partial charge in [0.2, 0.25) is 0 Å². The van der Waals surface area contributed by atoms with Gasteiger partial charge in [0.1, 0.15) is 22.4 Å². The fraction of sp³-hybridized carbons (Fsp3) is 0.0769. The van der Waals surface area contributed by atoms with Crippen molar-refractivity contribution in [3.05, 3.63) is 46.6 Å². The Morgan fingerprint density at radius 2 is 2.05 bits per heavy atom. The van der Waals surface area contributed by atoms with Crippen LogP contribution in [0.4, 0.5) is 8.78 Å². The molecule has 2 rings (SSSR count). The Kier molecular flexibility index (Phi) is 3.85. The molecule has 0 aliphatic heterocycles. The predicted molar refractivity (Wildman–Crippen MR) is 68.1 cm³/mol. The Morgan fingerprint density at radius 1 is 1.35 bits per heavy atom. The molecule has 1 heterocycles. The molecule has 2 aromatic rings. The van der Waals surface area contributed by atoms with Crippen LogP contribution in [0.5, 0.6) is 5.75 Å². The summed E-state index contributed by atoms with van der Waals surface area (Å²) in [6.07, 6.45) is 0. The molecular formula is C13H8ClF2NO3. The number of aromatic carboxylic acids is 1. The molecule has 0 saturated carbocycles. The molecule has 0 spiro atoms. The molecule has 20 heavy (non-hydrogen) atoms. The molecule has 4 nitrogen and oxygen atoms in total. The maximum Gasteiger partial charge on any atom is 0.338 e. The molecule has 1 N–H and O–H groups in total. The number of methoxy groups -OCH3 is 1. The van der Waals surface area contributed by atoms with E-state index in [-0.39, 0.29) is 11.3 Å². The van der Waals surface area contributed by atoms with Crippen LogP contribution in [0.3, 0.4) is 0 Å². The van der Waals surface area contributed by atoms with Crippen LogP contribution in [0.2, 0.25) is 5.15 Å². The SMILES string of the molecule is COc1cccc(F)c1-c1nc(Cl)c(C(=O)O)cc1F. The number of carboxylic acid groups (broad SMARTS) is 1. The molecule has 0 aliphatic carbocycles. The average molecular weight is 300 g/mol. The molecule has 0 amide bonds. The number of halogens is 3. The van der Waals surface area contributed by atoms with Crippen molar-refractivity contribution in [3.63, 3.8) is 0 Å². The number of benzene rings is 1. The van der Waals surface area contributed by atoms with E-state index in [0.717, 1.165) is 6.07 Å². The second-order valence-corrected chi connectivity index (χ2v) is 4.14. The summed E-state index contributed by atoms with van der Waals surface area (Å²) < 4.78 is 32.8. The Bertz CT molecular complexity index is 692. The van der Waals surface area contributed by atoms with E-state index in [1.165, 1.54) is 19.2 Å². The number of nitrogens with zero attached hydrogens (tertiary/aromatic N) is 1. The van der Waals surface area contributed by atoms with Crippen molar-refractivity contribution in [2.45, 2.75) is 0 Å². The van der Waals surface area contributed by atoms with Crippen molar-refractivity contribution < 1.29 is 23.4 Å². The van der Waals surface area contributed by atoms with Crippen LogP contribution >= 0.6 is 11.6 Å². The maximum absolute atomic E-state index is 14.0. The van der Waals surface area contributed by atoms with Crippen LogP contribution < -0.4 is 4.74 Å². The van der Waals surface area contributed by atoms with Crippen LogP contribution in [-0.2, 0) is 0 Å². The second kappa shape index (κ2) is 5.42. The zero-order chi connectivity index (χ0) is 14.9. The van der Waals surface area contributed by atoms with Crippen LogP contribution in [0.25, 0.3) is 11.3 Å². The smallest absolute Gasteiger partial charge is 0.338 e. The highest BCUT2D eigenvalue weighted by molar-refractivity contribution is 6.32. The molecule has 0 atom stereocenters. The molecule has 0 aliphatic rings. The van der Waals surface area contributed by atoms with Gasteiger partial charge in [-0.3, -0.25) is 0 Å². The van der Waals surface area contributed by atoms with Crippen molar-refractivity contribution in [1.29, 1.82) is 0 Å². The van der Waals surface area contributed by atoms with Gasteiger partial charge >= 0.3 is 5.97 Å². The monoisotopic (exact) mass is 299 g/mol. The first kappa shape index (κ1) is 14.2. The summed E-state index contributed by atoms with van der Waals surface area (Å²) in [6, 6.07) is 4.62. The third kappa shape index (κ3) is 2.42. The Morgan fingerprint density at radius 3 is 2.65 bits per heavy atom. The highest BCUT2D eigenvalue weighted by atomic mass is 35.5. The van der Waals surface area contributed by atoms with E-state index in [4.69, 9.17) is 21.4 Å². The first-order chi connectivity index (χ1) is 9.45. The summed E-state index contributed by atoms with van der Waals surface area (Å²) in [5.41, 5.74) is -1.12. The van der Waals surface area contributed by atoms with Gasteiger partial charge < -0.3 is 9.84 Å². The van der Waals surface area contributed by atoms with Gasteiger partial charge in [0, 0.05) is 0 Å². The van der Waals surface area contributed by atoms with Gasteiger partial charge in [-0.05, 0) is 18.2 Å². The number of hydrogen-bond acceptors (Lipinski definition) is 3. The van der Waals surface area contributed by atoms with Gasteiger partial charge in [-0.25, -0.2) is 18.6 Å². The molecular weight excluding hydrogens is 292 g/mol. The summed E-state index contributed by atoms with van der Waals surface area (Å²) in [5.74, 6) is -3.12. The number of aromatic nitrogens is 1.